The number of pyridine rings is 1. The fraction of sp³-hybridized carbons (Fsp3) is 0.333. The third kappa shape index (κ3) is 4.62. The molecule has 0 atom stereocenters. The number of nitrogens with zero attached hydrogens (tertiary/aromatic N) is 2. The van der Waals surface area contributed by atoms with Crippen molar-refractivity contribution in [3.8, 4) is 0 Å². The maximum Gasteiger partial charge on any atom is 0.251 e. The van der Waals surface area contributed by atoms with Gasteiger partial charge in [-0.1, -0.05) is 17.7 Å². The van der Waals surface area contributed by atoms with Crippen LogP contribution in [-0.2, 0) is 26.1 Å². The minimum atomic E-state index is -3.74. The summed E-state index contributed by atoms with van der Waals surface area (Å²) in [6, 6.07) is 9.66. The van der Waals surface area contributed by atoms with Gasteiger partial charge in [-0.25, -0.2) is 8.42 Å². The smallest absolute Gasteiger partial charge is 0.251 e. The van der Waals surface area contributed by atoms with Crippen molar-refractivity contribution >= 4 is 21.6 Å². The Morgan fingerprint density at radius 3 is 2.44 bits per heavy atom. The van der Waals surface area contributed by atoms with E-state index in [9.17, 15) is 18.0 Å². The van der Waals surface area contributed by atoms with Crippen LogP contribution in [0.4, 0.5) is 5.69 Å². The number of sulfonamides is 1. The lowest BCUT2D eigenvalue weighted by Crippen LogP contribution is -2.41. The molecular weight excluding hydrogens is 370 g/mol. The zero-order chi connectivity index (χ0) is 19.4. The zero-order valence-corrected chi connectivity index (χ0v) is 15.7. The number of carbonyl (C=O) groups excluding carboxylic acids is 1. The average molecular weight is 391 g/mol. The normalized spacial score (nSPS) is 15.4. The topological polar surface area (TPSA) is 97.7 Å². The lowest BCUT2D eigenvalue weighted by Gasteiger charge is -2.26. The molecule has 1 aliphatic rings. The van der Waals surface area contributed by atoms with E-state index in [1.165, 1.54) is 16.6 Å². The molecule has 27 heavy (non-hydrogen) atoms. The largest absolute Gasteiger partial charge is 0.379 e. The van der Waals surface area contributed by atoms with Crippen molar-refractivity contribution in [1.29, 1.82) is 0 Å². The summed E-state index contributed by atoms with van der Waals surface area (Å²) in [7, 11) is -3.74. The number of hydrogen-bond acceptors (Lipinski definition) is 5. The summed E-state index contributed by atoms with van der Waals surface area (Å²) in [6.45, 7) is 2.84. The highest BCUT2D eigenvalue weighted by Crippen LogP contribution is 2.16. The van der Waals surface area contributed by atoms with Crippen LogP contribution in [0.1, 0.15) is 5.56 Å². The second-order valence-corrected chi connectivity index (χ2v) is 8.20. The third-order valence-corrected chi connectivity index (χ3v) is 6.10. The second-order valence-electron chi connectivity index (χ2n) is 6.26. The van der Waals surface area contributed by atoms with Crippen LogP contribution in [0, 0.1) is 6.92 Å². The zero-order valence-electron chi connectivity index (χ0n) is 14.9. The van der Waals surface area contributed by atoms with E-state index in [-0.39, 0.29) is 24.5 Å². The maximum absolute atomic E-state index is 12.7. The summed E-state index contributed by atoms with van der Waals surface area (Å²) in [6.07, 6.45) is 1.21. The molecule has 8 nitrogen and oxygen atoms in total. The summed E-state index contributed by atoms with van der Waals surface area (Å²) in [4.78, 5) is 24.3. The van der Waals surface area contributed by atoms with Crippen molar-refractivity contribution in [3.05, 3.63) is 58.5 Å². The number of carbonyl (C=O) groups is 1. The number of hydrogen-bond donors (Lipinski definition) is 1. The van der Waals surface area contributed by atoms with Crippen molar-refractivity contribution in [2.45, 2.75) is 18.4 Å². The molecular formula is C18H21N3O5S. The minimum Gasteiger partial charge on any atom is -0.379 e. The number of nitrogens with one attached hydrogen (secondary N) is 1. The summed E-state index contributed by atoms with van der Waals surface area (Å²) in [5.74, 6) is -0.415. The fourth-order valence-electron chi connectivity index (χ4n) is 2.71. The van der Waals surface area contributed by atoms with Crippen LogP contribution in [0.5, 0.6) is 0 Å². The molecule has 144 valence electrons. The SMILES string of the molecule is Cc1ccc(NC(=O)Cn2cc(S(=O)(=O)N3CCOCC3)ccc2=O)cc1. The van der Waals surface area contributed by atoms with Crippen LogP contribution in [0.3, 0.4) is 0 Å². The Morgan fingerprint density at radius 1 is 1.11 bits per heavy atom. The van der Waals surface area contributed by atoms with E-state index in [1.54, 1.807) is 12.1 Å². The summed E-state index contributed by atoms with van der Waals surface area (Å²) < 4.78 is 33.0. The van der Waals surface area contributed by atoms with Crippen molar-refractivity contribution in [3.63, 3.8) is 0 Å². The first kappa shape index (κ1) is 19.3. The number of anilines is 1. The first-order valence-corrected chi connectivity index (χ1v) is 9.95. The highest BCUT2D eigenvalue weighted by atomic mass is 32.2. The maximum atomic E-state index is 12.7. The number of ether oxygens (including phenoxy) is 1. The molecule has 3 rings (SSSR count). The summed E-state index contributed by atoms with van der Waals surface area (Å²) in [5, 5.41) is 2.69. The highest BCUT2D eigenvalue weighted by molar-refractivity contribution is 7.89. The summed E-state index contributed by atoms with van der Waals surface area (Å²) >= 11 is 0. The van der Waals surface area contributed by atoms with Crippen LogP contribution in [0.25, 0.3) is 0 Å². The predicted octanol–water partition coefficient (Wildman–Crippen LogP) is 0.816. The van der Waals surface area contributed by atoms with Crippen LogP contribution >= 0.6 is 0 Å². The molecule has 1 aromatic heterocycles. The van der Waals surface area contributed by atoms with Crippen LogP contribution in [-0.4, -0.2) is 49.5 Å². The molecule has 1 aliphatic heterocycles. The van der Waals surface area contributed by atoms with Crippen LogP contribution in [0.15, 0.2) is 52.3 Å². The number of aryl methyl sites for hydroxylation is 1. The van der Waals surface area contributed by atoms with Gasteiger partial charge in [0.1, 0.15) is 6.54 Å². The Kier molecular flexibility index (Phi) is 5.73. The Bertz CT molecular complexity index is 977. The number of aromatic nitrogens is 1. The molecule has 1 amide bonds. The van der Waals surface area contributed by atoms with E-state index in [0.717, 1.165) is 16.2 Å². The molecule has 0 bridgehead atoms. The second kappa shape index (κ2) is 8.03. The first-order valence-electron chi connectivity index (χ1n) is 8.51. The third-order valence-electron chi connectivity index (χ3n) is 4.21. The Labute approximate surface area is 157 Å². The van der Waals surface area contributed by atoms with E-state index in [4.69, 9.17) is 4.74 Å². The Hall–Kier alpha value is -2.49. The molecule has 0 saturated carbocycles. The van der Waals surface area contributed by atoms with Gasteiger partial charge in [0.05, 0.1) is 18.1 Å². The van der Waals surface area contributed by atoms with Gasteiger partial charge in [0.25, 0.3) is 5.56 Å². The van der Waals surface area contributed by atoms with Gasteiger partial charge in [0.15, 0.2) is 0 Å². The molecule has 9 heteroatoms. The average Bonchev–Trinajstić information content (AvgIpc) is 2.66. The number of rotatable bonds is 5. The molecule has 1 aromatic carbocycles. The molecule has 2 aromatic rings. The minimum absolute atomic E-state index is 0.0212. The molecule has 0 aliphatic carbocycles. The predicted molar refractivity (Wildman–Crippen MR) is 100 cm³/mol. The lowest BCUT2D eigenvalue weighted by atomic mass is 10.2. The Morgan fingerprint density at radius 2 is 1.78 bits per heavy atom. The van der Waals surface area contributed by atoms with Gasteiger partial charge in [0.2, 0.25) is 15.9 Å². The van der Waals surface area contributed by atoms with E-state index >= 15 is 0 Å². The monoisotopic (exact) mass is 391 g/mol. The quantitative estimate of drug-likeness (QED) is 0.814. The van der Waals surface area contributed by atoms with E-state index in [2.05, 4.69) is 5.32 Å². The van der Waals surface area contributed by atoms with E-state index in [1.807, 2.05) is 19.1 Å². The fourth-order valence-corrected chi connectivity index (χ4v) is 4.14. The molecule has 0 spiro atoms. The molecule has 0 unspecified atom stereocenters. The molecule has 2 heterocycles. The van der Waals surface area contributed by atoms with Gasteiger partial charge < -0.3 is 14.6 Å². The number of morpholine rings is 1. The van der Waals surface area contributed by atoms with Gasteiger partial charge >= 0.3 is 0 Å². The van der Waals surface area contributed by atoms with Gasteiger partial charge in [-0.2, -0.15) is 4.31 Å². The highest BCUT2D eigenvalue weighted by Gasteiger charge is 2.27. The number of benzene rings is 1. The van der Waals surface area contributed by atoms with Gasteiger partial charge in [0, 0.05) is 31.0 Å². The van der Waals surface area contributed by atoms with E-state index < -0.39 is 21.5 Å². The molecule has 0 radical (unpaired) electrons. The molecule has 1 saturated heterocycles. The molecule has 1 fully saturated rings. The van der Waals surface area contributed by atoms with Gasteiger partial charge in [-0.05, 0) is 25.1 Å². The van der Waals surface area contributed by atoms with Crippen LogP contribution in [0.2, 0.25) is 0 Å². The first-order chi connectivity index (χ1) is 12.9. The van der Waals surface area contributed by atoms with Gasteiger partial charge in [-0.3, -0.25) is 9.59 Å². The molecule has 1 N–H and O–H groups in total. The lowest BCUT2D eigenvalue weighted by molar-refractivity contribution is -0.116. The van der Waals surface area contributed by atoms with E-state index in [0.29, 0.717) is 18.9 Å². The van der Waals surface area contributed by atoms with Gasteiger partial charge in [-0.15, -0.1) is 0 Å². The number of amides is 1. The van der Waals surface area contributed by atoms with Crippen molar-refractivity contribution in [2.75, 3.05) is 31.6 Å². The standard InChI is InChI=1S/C18H21N3O5S/c1-14-2-4-15(5-3-14)19-17(22)13-20-12-16(6-7-18(20)23)27(24,25)21-8-10-26-11-9-21/h2-7,12H,8-11,13H2,1H3,(H,19,22). The Balaban J connectivity index is 1.77. The van der Waals surface area contributed by atoms with Crippen LogP contribution < -0.4 is 10.9 Å². The van der Waals surface area contributed by atoms with Crippen molar-refractivity contribution < 1.29 is 17.9 Å². The van der Waals surface area contributed by atoms with Crippen molar-refractivity contribution in [1.82, 2.24) is 8.87 Å². The summed E-state index contributed by atoms with van der Waals surface area (Å²) in [5.41, 5.74) is 1.22. The van der Waals surface area contributed by atoms with Crippen molar-refractivity contribution in [2.24, 2.45) is 0 Å².